The summed E-state index contributed by atoms with van der Waals surface area (Å²) in [5, 5.41) is 14.1. The number of rotatable bonds is 7. The molecule has 0 radical (unpaired) electrons. The molecule has 4 nitrogen and oxygen atoms in total. The number of hydrogen-bond acceptors (Lipinski definition) is 3. The van der Waals surface area contributed by atoms with E-state index in [1.165, 1.54) is 0 Å². The van der Waals surface area contributed by atoms with Crippen molar-refractivity contribution in [2.75, 3.05) is 13.2 Å². The van der Waals surface area contributed by atoms with Gasteiger partial charge in [0.05, 0.1) is 12.3 Å². The third-order valence-corrected chi connectivity index (χ3v) is 3.49. The van der Waals surface area contributed by atoms with E-state index >= 15 is 0 Å². The zero-order valence-electron chi connectivity index (χ0n) is 11.2. The Bertz CT molecular complexity index is 342. The first-order valence-electron chi connectivity index (χ1n) is 6.43. The second-order valence-electron chi connectivity index (χ2n) is 4.89. The molecule has 1 aromatic heterocycles. The van der Waals surface area contributed by atoms with Gasteiger partial charge in [-0.3, -0.25) is 4.68 Å². The molecule has 1 rings (SSSR count). The maximum absolute atomic E-state index is 9.61. The van der Waals surface area contributed by atoms with Crippen LogP contribution < -0.4 is 5.73 Å². The highest BCUT2D eigenvalue weighted by Crippen LogP contribution is 2.27. The van der Waals surface area contributed by atoms with E-state index in [0.29, 0.717) is 6.54 Å². The van der Waals surface area contributed by atoms with Crippen LogP contribution in [0.25, 0.3) is 0 Å². The average Bonchev–Trinajstić information content (AvgIpc) is 2.69. The molecule has 0 amide bonds. The van der Waals surface area contributed by atoms with E-state index in [1.807, 2.05) is 11.7 Å². The number of aliphatic hydroxyl groups excluding tert-OH is 1. The summed E-state index contributed by atoms with van der Waals surface area (Å²) in [6, 6.07) is 2.12. The summed E-state index contributed by atoms with van der Waals surface area (Å²) in [6.07, 6.45) is 3.73. The first-order chi connectivity index (χ1) is 8.10. The van der Waals surface area contributed by atoms with Gasteiger partial charge in [0.15, 0.2) is 0 Å². The van der Waals surface area contributed by atoms with Gasteiger partial charge in [-0.05, 0) is 25.3 Å². The summed E-state index contributed by atoms with van der Waals surface area (Å²) in [5.74, 6) is 0. The van der Waals surface area contributed by atoms with Crippen molar-refractivity contribution in [2.24, 2.45) is 18.2 Å². The van der Waals surface area contributed by atoms with Crippen molar-refractivity contribution in [1.29, 1.82) is 0 Å². The Morgan fingerprint density at radius 1 is 1.47 bits per heavy atom. The highest BCUT2D eigenvalue weighted by molar-refractivity contribution is 5.12. The third kappa shape index (κ3) is 3.30. The molecule has 0 aromatic carbocycles. The molecule has 0 aliphatic rings. The molecule has 4 heteroatoms. The minimum Gasteiger partial charge on any atom is -0.396 e. The zero-order valence-corrected chi connectivity index (χ0v) is 11.2. The second-order valence-corrected chi connectivity index (χ2v) is 4.89. The molecule has 1 aromatic rings. The second kappa shape index (κ2) is 6.17. The van der Waals surface area contributed by atoms with Crippen molar-refractivity contribution in [3.8, 4) is 0 Å². The van der Waals surface area contributed by atoms with E-state index in [1.54, 1.807) is 0 Å². The Morgan fingerprint density at radius 2 is 2.18 bits per heavy atom. The van der Waals surface area contributed by atoms with Crippen molar-refractivity contribution in [3.05, 3.63) is 17.5 Å². The Hall–Kier alpha value is -0.870. The number of nitrogens with two attached hydrogens (primary N) is 1. The van der Waals surface area contributed by atoms with Crippen LogP contribution in [-0.2, 0) is 19.9 Å². The summed E-state index contributed by atoms with van der Waals surface area (Å²) in [7, 11) is 1.96. The minimum atomic E-state index is -0.187. The van der Waals surface area contributed by atoms with E-state index in [2.05, 4.69) is 25.0 Å². The smallest absolute Gasteiger partial charge is 0.0624 e. The van der Waals surface area contributed by atoms with Gasteiger partial charge in [0.1, 0.15) is 0 Å². The van der Waals surface area contributed by atoms with Gasteiger partial charge >= 0.3 is 0 Å². The monoisotopic (exact) mass is 239 g/mol. The summed E-state index contributed by atoms with van der Waals surface area (Å²) in [6.45, 7) is 4.88. The SMILES string of the molecule is CCCC(CN)(CO)Cc1cc(CC)nn1C. The maximum Gasteiger partial charge on any atom is 0.0624 e. The lowest BCUT2D eigenvalue weighted by Crippen LogP contribution is -2.37. The topological polar surface area (TPSA) is 64.1 Å². The molecule has 0 bridgehead atoms. The third-order valence-electron chi connectivity index (χ3n) is 3.49. The maximum atomic E-state index is 9.61. The fourth-order valence-corrected chi connectivity index (χ4v) is 2.29. The van der Waals surface area contributed by atoms with Gasteiger partial charge in [-0.25, -0.2) is 0 Å². The highest BCUT2D eigenvalue weighted by Gasteiger charge is 2.28. The Labute approximate surface area is 104 Å². The van der Waals surface area contributed by atoms with Gasteiger partial charge in [0.25, 0.3) is 0 Å². The van der Waals surface area contributed by atoms with Crippen LogP contribution in [0.4, 0.5) is 0 Å². The minimum absolute atomic E-state index is 0.143. The first kappa shape index (κ1) is 14.2. The Balaban J connectivity index is 2.88. The van der Waals surface area contributed by atoms with Crippen LogP contribution in [0.15, 0.2) is 6.07 Å². The van der Waals surface area contributed by atoms with E-state index in [-0.39, 0.29) is 12.0 Å². The molecule has 0 saturated heterocycles. The van der Waals surface area contributed by atoms with E-state index in [9.17, 15) is 5.11 Å². The molecule has 98 valence electrons. The number of aryl methyl sites for hydroxylation is 2. The molecule has 3 N–H and O–H groups in total. The van der Waals surface area contributed by atoms with E-state index in [4.69, 9.17) is 5.73 Å². The fraction of sp³-hybridized carbons (Fsp3) is 0.769. The predicted octanol–water partition coefficient (Wildman–Crippen LogP) is 1.26. The molecular formula is C13H25N3O. The van der Waals surface area contributed by atoms with Crippen LogP contribution in [0.1, 0.15) is 38.1 Å². The van der Waals surface area contributed by atoms with Gasteiger partial charge in [-0.15, -0.1) is 0 Å². The van der Waals surface area contributed by atoms with Crippen LogP contribution in [0, 0.1) is 5.41 Å². The molecule has 1 unspecified atom stereocenters. The van der Waals surface area contributed by atoms with Crippen molar-refractivity contribution >= 4 is 0 Å². The molecule has 1 heterocycles. The molecule has 0 aliphatic carbocycles. The number of hydrogen-bond donors (Lipinski definition) is 2. The lowest BCUT2D eigenvalue weighted by atomic mass is 9.80. The van der Waals surface area contributed by atoms with Crippen LogP contribution >= 0.6 is 0 Å². The van der Waals surface area contributed by atoms with E-state index < -0.39 is 0 Å². The van der Waals surface area contributed by atoms with Gasteiger partial charge in [-0.1, -0.05) is 20.3 Å². The zero-order chi connectivity index (χ0) is 12.9. The van der Waals surface area contributed by atoms with Crippen LogP contribution in [0.3, 0.4) is 0 Å². The Kier molecular flexibility index (Phi) is 5.15. The molecular weight excluding hydrogens is 214 g/mol. The molecule has 1 atom stereocenters. The molecule has 0 aliphatic heterocycles. The van der Waals surface area contributed by atoms with E-state index in [0.717, 1.165) is 37.1 Å². The van der Waals surface area contributed by atoms with Crippen LogP contribution in [-0.4, -0.2) is 28.0 Å². The van der Waals surface area contributed by atoms with Crippen LogP contribution in [0.5, 0.6) is 0 Å². The van der Waals surface area contributed by atoms with Crippen LogP contribution in [0.2, 0.25) is 0 Å². The Morgan fingerprint density at radius 3 is 2.59 bits per heavy atom. The van der Waals surface area contributed by atoms with Crippen molar-refractivity contribution in [3.63, 3.8) is 0 Å². The molecule has 0 saturated carbocycles. The average molecular weight is 239 g/mol. The summed E-state index contributed by atoms with van der Waals surface area (Å²) < 4.78 is 1.91. The fourth-order valence-electron chi connectivity index (χ4n) is 2.29. The normalized spacial score (nSPS) is 14.9. The number of aromatic nitrogens is 2. The number of nitrogens with zero attached hydrogens (tertiary/aromatic N) is 2. The lowest BCUT2D eigenvalue weighted by Gasteiger charge is -2.30. The van der Waals surface area contributed by atoms with Gasteiger partial charge in [0, 0.05) is 24.7 Å². The summed E-state index contributed by atoms with van der Waals surface area (Å²) in [4.78, 5) is 0. The predicted molar refractivity (Wildman–Crippen MR) is 69.8 cm³/mol. The molecule has 0 fully saturated rings. The highest BCUT2D eigenvalue weighted by atomic mass is 16.3. The van der Waals surface area contributed by atoms with Gasteiger partial charge in [-0.2, -0.15) is 5.10 Å². The molecule has 17 heavy (non-hydrogen) atoms. The van der Waals surface area contributed by atoms with Crippen molar-refractivity contribution in [2.45, 2.75) is 39.5 Å². The quantitative estimate of drug-likeness (QED) is 0.753. The van der Waals surface area contributed by atoms with Crippen molar-refractivity contribution < 1.29 is 5.11 Å². The summed E-state index contributed by atoms with van der Waals surface area (Å²) >= 11 is 0. The first-order valence-corrected chi connectivity index (χ1v) is 6.43. The summed E-state index contributed by atoms with van der Waals surface area (Å²) in [5.41, 5.74) is 7.93. The lowest BCUT2D eigenvalue weighted by molar-refractivity contribution is 0.119. The standard InChI is InChI=1S/C13H25N3O/c1-4-6-13(9-14,10-17)8-12-7-11(5-2)15-16(12)3/h7,17H,4-6,8-10,14H2,1-3H3. The largest absolute Gasteiger partial charge is 0.396 e. The van der Waals surface area contributed by atoms with Crippen molar-refractivity contribution in [1.82, 2.24) is 9.78 Å². The van der Waals surface area contributed by atoms with Gasteiger partial charge in [0.2, 0.25) is 0 Å². The molecule has 0 spiro atoms. The van der Waals surface area contributed by atoms with Gasteiger partial charge < -0.3 is 10.8 Å². The number of aliphatic hydroxyl groups is 1.